The molecule has 0 bridgehead atoms. The van der Waals surface area contributed by atoms with E-state index in [1.807, 2.05) is 32.0 Å². The van der Waals surface area contributed by atoms with Crippen LogP contribution < -0.4 is 0 Å². The zero-order valence-electron chi connectivity index (χ0n) is 16.3. The molecule has 7 nitrogen and oxygen atoms in total. The van der Waals surface area contributed by atoms with Gasteiger partial charge in [-0.15, -0.1) is 0 Å². The minimum Gasteiger partial charge on any atom is -0.467 e. The summed E-state index contributed by atoms with van der Waals surface area (Å²) in [6.07, 6.45) is 1.92. The Hall–Kier alpha value is -2.87. The van der Waals surface area contributed by atoms with Gasteiger partial charge in [0.25, 0.3) is 5.91 Å². The summed E-state index contributed by atoms with van der Waals surface area (Å²) < 4.78 is 34.7. The second-order valence-electron chi connectivity index (χ2n) is 7.44. The maximum Gasteiger partial charge on any atom is 0.276 e. The number of carbonyl (C=O) groups is 1. The fraction of sp³-hybridized carbons (Fsp3) is 0.333. The number of nitrogens with zero attached hydrogens (tertiary/aromatic N) is 2. The minimum absolute atomic E-state index is 0.0543. The summed E-state index contributed by atoms with van der Waals surface area (Å²) in [5, 5.41) is 3.96. The highest BCUT2D eigenvalue weighted by Gasteiger charge is 2.36. The van der Waals surface area contributed by atoms with Gasteiger partial charge >= 0.3 is 0 Å². The molecule has 0 radical (unpaired) electrons. The highest BCUT2D eigenvalue weighted by atomic mass is 32.2. The van der Waals surface area contributed by atoms with Crippen molar-refractivity contribution in [3.63, 3.8) is 0 Å². The topological polar surface area (TPSA) is 93.6 Å². The van der Waals surface area contributed by atoms with E-state index in [4.69, 9.17) is 8.94 Å². The SMILES string of the molecule is Cc1ccc(-c2cc(C(=O)N(Cc3ccco3)[C@@H]3CCS(=O)(=O)C3)no2)cc1C. The summed E-state index contributed by atoms with van der Waals surface area (Å²) in [7, 11) is -3.15. The third-order valence-electron chi connectivity index (χ3n) is 5.34. The molecule has 1 saturated heterocycles. The number of hydrogen-bond donors (Lipinski definition) is 0. The number of aryl methyl sites for hydroxylation is 2. The Kier molecular flexibility index (Phi) is 5.04. The molecular weight excluding hydrogens is 392 g/mol. The Balaban J connectivity index is 1.62. The molecule has 0 aliphatic carbocycles. The van der Waals surface area contributed by atoms with Crippen molar-refractivity contribution >= 4 is 15.7 Å². The lowest BCUT2D eigenvalue weighted by atomic mass is 10.0. The molecule has 0 unspecified atom stereocenters. The fourth-order valence-corrected chi connectivity index (χ4v) is 5.24. The van der Waals surface area contributed by atoms with Gasteiger partial charge in [0.1, 0.15) is 5.76 Å². The Morgan fingerprint density at radius 1 is 1.21 bits per heavy atom. The molecule has 29 heavy (non-hydrogen) atoms. The van der Waals surface area contributed by atoms with Crippen molar-refractivity contribution in [3.05, 3.63) is 65.2 Å². The van der Waals surface area contributed by atoms with Gasteiger partial charge < -0.3 is 13.8 Å². The Morgan fingerprint density at radius 3 is 2.69 bits per heavy atom. The van der Waals surface area contributed by atoms with E-state index in [1.54, 1.807) is 18.2 Å². The smallest absolute Gasteiger partial charge is 0.276 e. The van der Waals surface area contributed by atoms with Gasteiger partial charge in [0.2, 0.25) is 0 Å². The van der Waals surface area contributed by atoms with Crippen LogP contribution in [0.2, 0.25) is 0 Å². The van der Waals surface area contributed by atoms with Gasteiger partial charge in [0.05, 0.1) is 24.3 Å². The summed E-state index contributed by atoms with van der Waals surface area (Å²) >= 11 is 0. The molecule has 0 spiro atoms. The van der Waals surface area contributed by atoms with Crippen molar-refractivity contribution in [3.8, 4) is 11.3 Å². The molecule has 3 aromatic rings. The Labute approximate surface area is 169 Å². The maximum atomic E-state index is 13.2. The monoisotopic (exact) mass is 414 g/mol. The number of carbonyl (C=O) groups excluding carboxylic acids is 1. The number of hydrogen-bond acceptors (Lipinski definition) is 6. The molecule has 4 rings (SSSR count). The summed E-state index contributed by atoms with van der Waals surface area (Å²) in [5.74, 6) is 0.726. The molecular formula is C21H22N2O5S. The molecule has 2 aromatic heterocycles. The molecule has 1 aromatic carbocycles. The van der Waals surface area contributed by atoms with E-state index in [0.717, 1.165) is 16.7 Å². The lowest BCUT2D eigenvalue weighted by molar-refractivity contribution is 0.0655. The van der Waals surface area contributed by atoms with Crippen molar-refractivity contribution in [2.75, 3.05) is 11.5 Å². The fourth-order valence-electron chi connectivity index (χ4n) is 3.51. The summed E-state index contributed by atoms with van der Waals surface area (Å²) in [5.41, 5.74) is 3.26. The second-order valence-corrected chi connectivity index (χ2v) is 9.67. The first-order valence-corrected chi connectivity index (χ1v) is 11.2. The first-order chi connectivity index (χ1) is 13.8. The third-order valence-corrected chi connectivity index (χ3v) is 7.09. The molecule has 0 saturated carbocycles. The van der Waals surface area contributed by atoms with Crippen molar-refractivity contribution in [2.24, 2.45) is 0 Å². The largest absolute Gasteiger partial charge is 0.467 e. The van der Waals surface area contributed by atoms with Crippen LogP contribution in [0.4, 0.5) is 0 Å². The van der Waals surface area contributed by atoms with Gasteiger partial charge in [0, 0.05) is 17.7 Å². The van der Waals surface area contributed by atoms with Gasteiger partial charge in [0.15, 0.2) is 21.3 Å². The van der Waals surface area contributed by atoms with Crippen LogP contribution >= 0.6 is 0 Å². The predicted molar refractivity (Wildman–Crippen MR) is 107 cm³/mol. The second kappa shape index (κ2) is 7.51. The van der Waals surface area contributed by atoms with Crippen LogP contribution in [-0.4, -0.2) is 41.9 Å². The standard InChI is InChI=1S/C21H22N2O5S/c1-14-5-6-16(10-15(14)2)20-11-19(22-28-20)21(24)23(12-18-4-3-8-27-18)17-7-9-29(25,26)13-17/h3-6,8,10-11,17H,7,9,12-13H2,1-2H3/t17-/m1/s1. The lowest BCUT2D eigenvalue weighted by Gasteiger charge is -2.26. The number of rotatable bonds is 5. The first-order valence-electron chi connectivity index (χ1n) is 9.40. The van der Waals surface area contributed by atoms with E-state index in [0.29, 0.717) is 17.9 Å². The van der Waals surface area contributed by atoms with Crippen LogP contribution in [0.15, 0.2) is 51.6 Å². The molecule has 1 aliphatic heterocycles. The van der Waals surface area contributed by atoms with E-state index < -0.39 is 15.9 Å². The van der Waals surface area contributed by atoms with Crippen LogP contribution in [0, 0.1) is 13.8 Å². The van der Waals surface area contributed by atoms with Gasteiger partial charge in [-0.05, 0) is 49.6 Å². The van der Waals surface area contributed by atoms with Crippen molar-refractivity contribution in [1.29, 1.82) is 0 Å². The summed E-state index contributed by atoms with van der Waals surface area (Å²) in [6, 6.07) is 10.6. The van der Waals surface area contributed by atoms with Crippen molar-refractivity contribution < 1.29 is 22.2 Å². The lowest BCUT2D eigenvalue weighted by Crippen LogP contribution is -2.40. The molecule has 1 aliphatic rings. The first kappa shape index (κ1) is 19.4. The molecule has 1 atom stereocenters. The Morgan fingerprint density at radius 2 is 2.03 bits per heavy atom. The molecule has 3 heterocycles. The molecule has 152 valence electrons. The normalized spacial score (nSPS) is 18.1. The highest BCUT2D eigenvalue weighted by molar-refractivity contribution is 7.91. The quantitative estimate of drug-likeness (QED) is 0.635. The Bertz CT molecular complexity index is 1130. The van der Waals surface area contributed by atoms with Gasteiger partial charge in [-0.25, -0.2) is 8.42 Å². The number of furan rings is 1. The van der Waals surface area contributed by atoms with Crippen LogP contribution in [0.5, 0.6) is 0 Å². The third kappa shape index (κ3) is 4.12. The zero-order chi connectivity index (χ0) is 20.6. The van der Waals surface area contributed by atoms with Crippen LogP contribution in [-0.2, 0) is 16.4 Å². The van der Waals surface area contributed by atoms with Crippen LogP contribution in [0.25, 0.3) is 11.3 Å². The number of sulfone groups is 1. The van der Waals surface area contributed by atoms with E-state index in [1.165, 1.54) is 11.2 Å². The van der Waals surface area contributed by atoms with Crippen molar-refractivity contribution in [1.82, 2.24) is 10.1 Å². The summed E-state index contributed by atoms with van der Waals surface area (Å²) in [6.45, 7) is 4.21. The molecule has 0 N–H and O–H groups in total. The van der Waals surface area contributed by atoms with Gasteiger partial charge in [-0.1, -0.05) is 17.3 Å². The van der Waals surface area contributed by atoms with Crippen molar-refractivity contribution in [2.45, 2.75) is 32.9 Å². The molecule has 1 fully saturated rings. The van der Waals surface area contributed by atoms with Crippen LogP contribution in [0.3, 0.4) is 0 Å². The van der Waals surface area contributed by atoms with E-state index in [2.05, 4.69) is 5.16 Å². The highest BCUT2D eigenvalue weighted by Crippen LogP contribution is 2.26. The average Bonchev–Trinajstić information content (AvgIpc) is 3.42. The molecule has 8 heteroatoms. The van der Waals surface area contributed by atoms with Crippen LogP contribution in [0.1, 0.15) is 33.8 Å². The average molecular weight is 414 g/mol. The number of benzene rings is 1. The number of aromatic nitrogens is 1. The zero-order valence-corrected chi connectivity index (χ0v) is 17.1. The predicted octanol–water partition coefficient (Wildman–Crippen LogP) is 3.38. The van der Waals surface area contributed by atoms with E-state index >= 15 is 0 Å². The van der Waals surface area contributed by atoms with Gasteiger partial charge in [-0.3, -0.25) is 4.79 Å². The van der Waals surface area contributed by atoms with E-state index in [-0.39, 0.29) is 29.7 Å². The maximum absolute atomic E-state index is 13.2. The molecule has 1 amide bonds. The number of amides is 1. The summed E-state index contributed by atoms with van der Waals surface area (Å²) in [4.78, 5) is 14.7. The minimum atomic E-state index is -3.15. The van der Waals surface area contributed by atoms with Gasteiger partial charge in [-0.2, -0.15) is 0 Å². The van der Waals surface area contributed by atoms with E-state index in [9.17, 15) is 13.2 Å².